The molecule has 5 nitrogen and oxygen atoms in total. The normalized spacial score (nSPS) is 10.4. The smallest absolute Gasteiger partial charge is 0.228 e. The molecule has 0 aliphatic heterocycles. The summed E-state index contributed by atoms with van der Waals surface area (Å²) in [5.41, 5.74) is 0. The van der Waals surface area contributed by atoms with E-state index in [9.17, 15) is 0 Å². The molecule has 1 aromatic rings. The zero-order chi connectivity index (χ0) is 13.2. The van der Waals surface area contributed by atoms with E-state index in [4.69, 9.17) is 11.6 Å². The fourth-order valence-electron chi connectivity index (χ4n) is 1.32. The van der Waals surface area contributed by atoms with Crippen LogP contribution < -0.4 is 10.6 Å². The maximum Gasteiger partial charge on any atom is 0.228 e. The van der Waals surface area contributed by atoms with Crippen LogP contribution in [0.25, 0.3) is 0 Å². The van der Waals surface area contributed by atoms with Crippen molar-refractivity contribution < 1.29 is 0 Å². The highest BCUT2D eigenvalue weighted by Gasteiger charge is 2.03. The highest BCUT2D eigenvalue weighted by atomic mass is 35.5. The summed E-state index contributed by atoms with van der Waals surface area (Å²) in [4.78, 5) is 12.3. The molecule has 0 atom stereocenters. The van der Waals surface area contributed by atoms with Crippen molar-refractivity contribution in [2.75, 3.05) is 35.7 Å². The quantitative estimate of drug-likeness (QED) is 0.682. The molecule has 0 fully saturated rings. The predicted octanol–water partition coefficient (Wildman–Crippen LogP) is 2.90. The second kappa shape index (κ2) is 9.22. The maximum absolute atomic E-state index is 5.85. The molecular formula is C11H20ClN5S. The lowest BCUT2D eigenvalue weighted by molar-refractivity contribution is 0.831. The topological polar surface area (TPSA) is 62.7 Å². The molecule has 0 saturated heterocycles. The summed E-state index contributed by atoms with van der Waals surface area (Å²) in [7, 11) is 0. The van der Waals surface area contributed by atoms with Gasteiger partial charge in [-0.25, -0.2) is 0 Å². The second-order valence-corrected chi connectivity index (χ2v) is 5.13. The number of unbranched alkanes of at least 4 members (excludes halogenated alkanes) is 1. The lowest BCUT2D eigenvalue weighted by Crippen LogP contribution is -2.10. The first-order valence-corrected chi connectivity index (χ1v) is 7.91. The molecule has 7 heteroatoms. The number of thioether (sulfide) groups is 1. The zero-order valence-corrected chi connectivity index (χ0v) is 12.4. The van der Waals surface area contributed by atoms with Crippen LogP contribution in [0.4, 0.5) is 11.9 Å². The average Bonchev–Trinajstić information content (AvgIpc) is 2.35. The van der Waals surface area contributed by atoms with E-state index in [0.29, 0.717) is 11.9 Å². The fourth-order valence-corrected chi connectivity index (χ4v) is 1.97. The number of nitrogens with one attached hydrogen (secondary N) is 2. The molecule has 0 saturated carbocycles. The Labute approximate surface area is 118 Å². The Balaban J connectivity index is 2.41. The fraction of sp³-hybridized carbons (Fsp3) is 0.727. The van der Waals surface area contributed by atoms with E-state index in [2.05, 4.69) is 38.8 Å². The summed E-state index contributed by atoms with van der Waals surface area (Å²) in [6.07, 6.45) is 5.42. The van der Waals surface area contributed by atoms with Crippen LogP contribution in [0, 0.1) is 0 Å². The molecule has 1 aromatic heterocycles. The van der Waals surface area contributed by atoms with Gasteiger partial charge in [0.15, 0.2) is 0 Å². The summed E-state index contributed by atoms with van der Waals surface area (Å²) < 4.78 is 0. The van der Waals surface area contributed by atoms with Crippen molar-refractivity contribution in [2.45, 2.75) is 26.2 Å². The standard InChI is InChI=1S/C11H20ClN5S/c1-3-6-13-10-15-9(12)16-11(17-10)14-7-4-5-8-18-2/h3-8H2,1-2H3,(H2,13,14,15,16,17). The first-order valence-electron chi connectivity index (χ1n) is 6.14. The van der Waals surface area contributed by atoms with Crippen molar-refractivity contribution in [3.8, 4) is 0 Å². The van der Waals surface area contributed by atoms with Crippen molar-refractivity contribution in [3.05, 3.63) is 5.28 Å². The van der Waals surface area contributed by atoms with E-state index in [1.165, 1.54) is 12.2 Å². The molecule has 2 N–H and O–H groups in total. The van der Waals surface area contributed by atoms with Gasteiger partial charge in [0.25, 0.3) is 0 Å². The Morgan fingerprint density at radius 2 is 1.72 bits per heavy atom. The van der Waals surface area contributed by atoms with E-state index in [-0.39, 0.29) is 5.28 Å². The minimum atomic E-state index is 0.218. The van der Waals surface area contributed by atoms with Gasteiger partial charge < -0.3 is 10.6 Å². The van der Waals surface area contributed by atoms with Gasteiger partial charge in [0.2, 0.25) is 17.2 Å². The molecule has 0 aliphatic carbocycles. The molecule has 18 heavy (non-hydrogen) atoms. The molecule has 0 bridgehead atoms. The van der Waals surface area contributed by atoms with Gasteiger partial charge in [-0.2, -0.15) is 26.7 Å². The van der Waals surface area contributed by atoms with Crippen LogP contribution in [0.1, 0.15) is 26.2 Å². The van der Waals surface area contributed by atoms with Crippen LogP contribution in [-0.4, -0.2) is 40.1 Å². The van der Waals surface area contributed by atoms with E-state index < -0.39 is 0 Å². The highest BCUT2D eigenvalue weighted by molar-refractivity contribution is 7.98. The molecule has 0 radical (unpaired) electrons. The van der Waals surface area contributed by atoms with Gasteiger partial charge in [0, 0.05) is 13.1 Å². The lowest BCUT2D eigenvalue weighted by atomic mass is 10.3. The van der Waals surface area contributed by atoms with Crippen molar-refractivity contribution >= 4 is 35.3 Å². The molecule has 0 amide bonds. The third kappa shape index (κ3) is 6.26. The number of hydrogen-bond acceptors (Lipinski definition) is 6. The number of rotatable bonds is 9. The average molecular weight is 290 g/mol. The monoisotopic (exact) mass is 289 g/mol. The van der Waals surface area contributed by atoms with Gasteiger partial charge in [-0.1, -0.05) is 6.92 Å². The van der Waals surface area contributed by atoms with Crippen LogP contribution in [0.15, 0.2) is 0 Å². The van der Waals surface area contributed by atoms with Crippen LogP contribution in [-0.2, 0) is 0 Å². The molecule has 0 unspecified atom stereocenters. The molecular weight excluding hydrogens is 270 g/mol. The number of aromatic nitrogens is 3. The Morgan fingerprint density at radius 3 is 2.33 bits per heavy atom. The molecule has 1 heterocycles. The molecule has 0 aliphatic rings. The van der Waals surface area contributed by atoms with Crippen LogP contribution >= 0.6 is 23.4 Å². The number of nitrogens with zero attached hydrogens (tertiary/aromatic N) is 3. The minimum absolute atomic E-state index is 0.218. The summed E-state index contributed by atoms with van der Waals surface area (Å²) in [6, 6.07) is 0. The summed E-state index contributed by atoms with van der Waals surface area (Å²) in [5.74, 6) is 2.25. The number of anilines is 2. The number of hydrogen-bond donors (Lipinski definition) is 2. The first kappa shape index (κ1) is 15.3. The highest BCUT2D eigenvalue weighted by Crippen LogP contribution is 2.09. The van der Waals surface area contributed by atoms with E-state index in [1.54, 1.807) is 0 Å². The third-order valence-corrected chi connectivity index (χ3v) is 3.07. The molecule has 0 aromatic carbocycles. The Bertz CT molecular complexity index is 350. The SMILES string of the molecule is CCCNc1nc(Cl)nc(NCCCCSC)n1. The van der Waals surface area contributed by atoms with E-state index >= 15 is 0 Å². The molecule has 1 rings (SSSR count). The maximum atomic E-state index is 5.85. The van der Waals surface area contributed by atoms with Crippen molar-refractivity contribution in [2.24, 2.45) is 0 Å². The largest absolute Gasteiger partial charge is 0.354 e. The van der Waals surface area contributed by atoms with Gasteiger partial charge in [0.05, 0.1) is 0 Å². The van der Waals surface area contributed by atoms with Crippen LogP contribution in [0.2, 0.25) is 5.28 Å². The molecule has 0 spiro atoms. The van der Waals surface area contributed by atoms with E-state index in [1.807, 2.05) is 11.8 Å². The van der Waals surface area contributed by atoms with Gasteiger partial charge in [-0.3, -0.25) is 0 Å². The summed E-state index contributed by atoms with van der Waals surface area (Å²) in [6.45, 7) is 3.77. The Kier molecular flexibility index (Phi) is 7.84. The van der Waals surface area contributed by atoms with Crippen molar-refractivity contribution in [3.63, 3.8) is 0 Å². The molecule has 102 valence electrons. The Hall–Kier alpha value is -0.750. The Morgan fingerprint density at radius 1 is 1.06 bits per heavy atom. The minimum Gasteiger partial charge on any atom is -0.354 e. The van der Waals surface area contributed by atoms with Gasteiger partial charge in [-0.05, 0) is 42.9 Å². The number of halogens is 1. The van der Waals surface area contributed by atoms with Gasteiger partial charge in [0.1, 0.15) is 0 Å². The van der Waals surface area contributed by atoms with Crippen molar-refractivity contribution in [1.29, 1.82) is 0 Å². The predicted molar refractivity (Wildman–Crippen MR) is 79.7 cm³/mol. The summed E-state index contributed by atoms with van der Waals surface area (Å²) in [5, 5.41) is 6.48. The summed E-state index contributed by atoms with van der Waals surface area (Å²) >= 11 is 7.71. The van der Waals surface area contributed by atoms with Crippen molar-refractivity contribution in [1.82, 2.24) is 15.0 Å². The van der Waals surface area contributed by atoms with Crippen LogP contribution in [0.3, 0.4) is 0 Å². The first-order chi connectivity index (χ1) is 8.76. The zero-order valence-electron chi connectivity index (χ0n) is 10.9. The lowest BCUT2D eigenvalue weighted by Gasteiger charge is -2.07. The third-order valence-electron chi connectivity index (χ3n) is 2.20. The van der Waals surface area contributed by atoms with Gasteiger partial charge in [-0.15, -0.1) is 0 Å². The van der Waals surface area contributed by atoms with Gasteiger partial charge >= 0.3 is 0 Å². The van der Waals surface area contributed by atoms with E-state index in [0.717, 1.165) is 25.9 Å². The van der Waals surface area contributed by atoms with Crippen LogP contribution in [0.5, 0.6) is 0 Å². The second-order valence-electron chi connectivity index (χ2n) is 3.81.